The van der Waals surface area contributed by atoms with Crippen LogP contribution < -0.4 is 11.1 Å². The van der Waals surface area contributed by atoms with Gasteiger partial charge in [0.2, 0.25) is 5.91 Å². The number of nitrogens with two attached hydrogens (primary N) is 1. The molecule has 1 aromatic rings. The third-order valence-electron chi connectivity index (χ3n) is 2.14. The van der Waals surface area contributed by atoms with Gasteiger partial charge in [0.25, 0.3) is 0 Å². The van der Waals surface area contributed by atoms with Gasteiger partial charge in [0.1, 0.15) is 5.84 Å². The van der Waals surface area contributed by atoms with E-state index in [0.29, 0.717) is 16.4 Å². The molecular formula is C12H15Cl2N3O. The number of hydrogen-bond acceptors (Lipinski definition) is 2. The molecular weight excluding hydrogens is 273 g/mol. The number of alkyl halides is 1. The molecule has 0 spiro atoms. The van der Waals surface area contributed by atoms with Crippen molar-refractivity contribution in [3.05, 3.63) is 23.2 Å². The highest BCUT2D eigenvalue weighted by molar-refractivity contribution is 6.31. The highest BCUT2D eigenvalue weighted by atomic mass is 35.5. The minimum atomic E-state index is -0.122. The van der Waals surface area contributed by atoms with Crippen LogP contribution in [0, 0.1) is 5.92 Å². The van der Waals surface area contributed by atoms with Gasteiger partial charge in [-0.05, 0) is 18.2 Å². The van der Waals surface area contributed by atoms with Crippen molar-refractivity contribution in [3.8, 4) is 0 Å². The zero-order valence-electron chi connectivity index (χ0n) is 10.2. The summed E-state index contributed by atoms with van der Waals surface area (Å²) in [7, 11) is 0. The van der Waals surface area contributed by atoms with Crippen LogP contribution in [0.2, 0.25) is 5.02 Å². The van der Waals surface area contributed by atoms with Crippen LogP contribution in [0.1, 0.15) is 13.8 Å². The van der Waals surface area contributed by atoms with Gasteiger partial charge in [-0.3, -0.25) is 4.79 Å². The molecule has 18 heavy (non-hydrogen) atoms. The van der Waals surface area contributed by atoms with Crippen molar-refractivity contribution in [3.63, 3.8) is 0 Å². The smallest absolute Gasteiger partial charge is 0.226 e. The number of aliphatic imine (C=N–C) groups is 1. The van der Waals surface area contributed by atoms with Gasteiger partial charge >= 0.3 is 0 Å². The summed E-state index contributed by atoms with van der Waals surface area (Å²) in [5, 5.41) is 3.28. The first-order valence-electron chi connectivity index (χ1n) is 5.43. The minimum absolute atomic E-state index is 0.0989. The van der Waals surface area contributed by atoms with Crippen LogP contribution in [0.3, 0.4) is 0 Å². The number of nitrogens with zero attached hydrogens (tertiary/aromatic N) is 1. The maximum Gasteiger partial charge on any atom is 0.226 e. The standard InChI is InChI=1S/C12H15Cl2N3O/c1-7(2)12(18)17-9-4-3-8(14)5-10(9)16-11(15)6-13/h3-5,7H,6H2,1-2H3,(H2,15,16)(H,17,18). The molecule has 0 fully saturated rings. The molecule has 0 aliphatic rings. The number of hydrogen-bond donors (Lipinski definition) is 2. The van der Waals surface area contributed by atoms with Crippen LogP contribution in [-0.2, 0) is 4.79 Å². The molecule has 0 saturated heterocycles. The third kappa shape index (κ3) is 4.20. The number of carbonyl (C=O) groups is 1. The van der Waals surface area contributed by atoms with Gasteiger partial charge in [0.05, 0.1) is 17.3 Å². The van der Waals surface area contributed by atoms with Crippen molar-refractivity contribution in [2.75, 3.05) is 11.2 Å². The predicted octanol–water partition coefficient (Wildman–Crippen LogP) is 3.16. The quantitative estimate of drug-likeness (QED) is 0.507. The summed E-state index contributed by atoms with van der Waals surface area (Å²) in [5.74, 6) is 0.157. The molecule has 98 valence electrons. The summed E-state index contributed by atoms with van der Waals surface area (Å²) in [6, 6.07) is 4.98. The monoisotopic (exact) mass is 287 g/mol. The molecule has 0 aliphatic heterocycles. The van der Waals surface area contributed by atoms with E-state index in [2.05, 4.69) is 10.3 Å². The summed E-state index contributed by atoms with van der Waals surface area (Å²) in [6.45, 7) is 3.61. The zero-order valence-corrected chi connectivity index (χ0v) is 11.7. The Morgan fingerprint density at radius 2 is 2.17 bits per heavy atom. The fraction of sp³-hybridized carbons (Fsp3) is 0.333. The molecule has 0 unspecified atom stereocenters. The van der Waals surface area contributed by atoms with E-state index in [9.17, 15) is 4.79 Å². The number of nitrogens with one attached hydrogen (secondary N) is 1. The second-order valence-corrected chi connectivity index (χ2v) is 4.75. The van der Waals surface area contributed by atoms with Gasteiger partial charge < -0.3 is 11.1 Å². The zero-order chi connectivity index (χ0) is 13.7. The first-order valence-corrected chi connectivity index (χ1v) is 6.34. The second kappa shape index (κ2) is 6.61. The third-order valence-corrected chi connectivity index (χ3v) is 2.65. The fourth-order valence-electron chi connectivity index (χ4n) is 1.16. The van der Waals surface area contributed by atoms with Crippen LogP contribution >= 0.6 is 23.2 Å². The van der Waals surface area contributed by atoms with Crippen molar-refractivity contribution < 1.29 is 4.79 Å². The van der Waals surface area contributed by atoms with Crippen molar-refractivity contribution in [2.45, 2.75) is 13.8 Å². The molecule has 1 amide bonds. The lowest BCUT2D eigenvalue weighted by atomic mass is 10.2. The largest absolute Gasteiger partial charge is 0.386 e. The molecule has 0 heterocycles. The fourth-order valence-corrected chi connectivity index (χ4v) is 1.39. The summed E-state index contributed by atoms with van der Waals surface area (Å²) in [4.78, 5) is 15.8. The highest BCUT2D eigenvalue weighted by Gasteiger charge is 2.10. The number of amides is 1. The average molecular weight is 288 g/mol. The van der Waals surface area contributed by atoms with E-state index in [4.69, 9.17) is 28.9 Å². The van der Waals surface area contributed by atoms with E-state index in [-0.39, 0.29) is 23.5 Å². The number of carbonyl (C=O) groups excluding carboxylic acids is 1. The normalized spacial score (nSPS) is 11.7. The van der Waals surface area contributed by atoms with Crippen molar-refractivity contribution in [2.24, 2.45) is 16.6 Å². The molecule has 3 N–H and O–H groups in total. The van der Waals surface area contributed by atoms with Gasteiger partial charge in [0.15, 0.2) is 0 Å². The first-order chi connectivity index (χ1) is 8.43. The van der Waals surface area contributed by atoms with E-state index in [1.807, 2.05) is 0 Å². The van der Waals surface area contributed by atoms with E-state index >= 15 is 0 Å². The number of anilines is 1. The lowest BCUT2D eigenvalue weighted by Gasteiger charge is -2.10. The summed E-state index contributed by atoms with van der Waals surface area (Å²) < 4.78 is 0. The lowest BCUT2D eigenvalue weighted by molar-refractivity contribution is -0.118. The Morgan fingerprint density at radius 1 is 1.50 bits per heavy atom. The molecule has 0 saturated carbocycles. The van der Waals surface area contributed by atoms with Gasteiger partial charge in [-0.1, -0.05) is 25.4 Å². The summed E-state index contributed by atoms with van der Waals surface area (Å²) in [6.07, 6.45) is 0. The van der Waals surface area contributed by atoms with Crippen LogP contribution in [-0.4, -0.2) is 17.6 Å². The molecule has 0 radical (unpaired) electrons. The Bertz CT molecular complexity index is 472. The summed E-state index contributed by atoms with van der Waals surface area (Å²) >= 11 is 11.5. The number of amidine groups is 1. The molecule has 0 aliphatic carbocycles. The lowest BCUT2D eigenvalue weighted by Crippen LogP contribution is -2.18. The molecule has 1 rings (SSSR count). The molecule has 1 aromatic carbocycles. The van der Waals surface area contributed by atoms with Crippen LogP contribution in [0.25, 0.3) is 0 Å². The predicted molar refractivity (Wildman–Crippen MR) is 76.9 cm³/mol. The molecule has 4 nitrogen and oxygen atoms in total. The highest BCUT2D eigenvalue weighted by Crippen LogP contribution is 2.29. The van der Waals surface area contributed by atoms with E-state index in [1.165, 1.54) is 0 Å². The topological polar surface area (TPSA) is 67.5 Å². The SMILES string of the molecule is CC(C)C(=O)Nc1ccc(Cl)cc1N=C(N)CCl. The Balaban J connectivity index is 3.07. The average Bonchev–Trinajstić information content (AvgIpc) is 2.32. The molecule has 0 aromatic heterocycles. The Labute approximate surface area is 116 Å². The van der Waals surface area contributed by atoms with Gasteiger partial charge in [-0.15, -0.1) is 11.6 Å². The number of halogens is 2. The number of benzene rings is 1. The first kappa shape index (κ1) is 14.8. The van der Waals surface area contributed by atoms with Crippen molar-refractivity contribution in [1.29, 1.82) is 0 Å². The molecule has 0 atom stereocenters. The van der Waals surface area contributed by atoms with E-state index in [1.54, 1.807) is 32.0 Å². The Kier molecular flexibility index (Phi) is 5.44. The van der Waals surface area contributed by atoms with Gasteiger partial charge in [0, 0.05) is 10.9 Å². The van der Waals surface area contributed by atoms with Crippen LogP contribution in [0.5, 0.6) is 0 Å². The van der Waals surface area contributed by atoms with Crippen LogP contribution in [0.15, 0.2) is 23.2 Å². The Morgan fingerprint density at radius 3 is 2.72 bits per heavy atom. The maximum atomic E-state index is 11.7. The maximum absolute atomic E-state index is 11.7. The molecule has 0 bridgehead atoms. The van der Waals surface area contributed by atoms with Crippen molar-refractivity contribution in [1.82, 2.24) is 0 Å². The van der Waals surface area contributed by atoms with Gasteiger partial charge in [-0.2, -0.15) is 0 Å². The second-order valence-electron chi connectivity index (χ2n) is 4.04. The van der Waals surface area contributed by atoms with Crippen LogP contribution in [0.4, 0.5) is 11.4 Å². The minimum Gasteiger partial charge on any atom is -0.386 e. The van der Waals surface area contributed by atoms with E-state index < -0.39 is 0 Å². The van der Waals surface area contributed by atoms with E-state index in [0.717, 1.165) is 0 Å². The van der Waals surface area contributed by atoms with Crippen molar-refractivity contribution >= 4 is 46.3 Å². The molecule has 6 heteroatoms. The van der Waals surface area contributed by atoms with Gasteiger partial charge in [-0.25, -0.2) is 4.99 Å². The summed E-state index contributed by atoms with van der Waals surface area (Å²) in [5.41, 5.74) is 6.63. The Hall–Kier alpha value is -1.26. The number of rotatable bonds is 4.